The van der Waals surface area contributed by atoms with Gasteiger partial charge in [-0.25, -0.2) is 8.78 Å². The van der Waals surface area contributed by atoms with Gasteiger partial charge in [-0.15, -0.1) is 0 Å². The van der Waals surface area contributed by atoms with Gasteiger partial charge < -0.3 is 14.8 Å². The molecule has 0 unspecified atom stereocenters. The average molecular weight is 397 g/mol. The minimum atomic E-state index is -1.08. The molecule has 3 aromatic rings. The molecule has 1 aliphatic rings. The molecule has 1 saturated heterocycles. The number of piperazine rings is 1. The van der Waals surface area contributed by atoms with Crippen LogP contribution in [0.2, 0.25) is 0 Å². The second-order valence-electron chi connectivity index (χ2n) is 6.81. The predicted molar refractivity (Wildman–Crippen MR) is 103 cm³/mol. The lowest BCUT2D eigenvalue weighted by Gasteiger charge is -2.35. The third-order valence-electron chi connectivity index (χ3n) is 5.00. The number of carbonyl (C=O) groups is 2. The molecule has 0 aliphatic carbocycles. The number of halogens is 2. The van der Waals surface area contributed by atoms with Crippen LogP contribution in [0.4, 0.5) is 8.78 Å². The molecular weight excluding hydrogens is 380 g/mol. The molecule has 6 nitrogen and oxygen atoms in total. The zero-order valence-electron chi connectivity index (χ0n) is 15.3. The Hall–Kier alpha value is -3.55. The van der Waals surface area contributed by atoms with E-state index in [0.29, 0.717) is 16.5 Å². The summed E-state index contributed by atoms with van der Waals surface area (Å²) in [6.45, 7) is 1.06. The zero-order valence-corrected chi connectivity index (χ0v) is 15.3. The van der Waals surface area contributed by atoms with E-state index >= 15 is 0 Å². The molecule has 8 heteroatoms. The number of pyridine rings is 1. The molecule has 29 heavy (non-hydrogen) atoms. The van der Waals surface area contributed by atoms with Gasteiger partial charge in [-0.05, 0) is 24.3 Å². The van der Waals surface area contributed by atoms with Crippen LogP contribution in [0.1, 0.15) is 20.7 Å². The van der Waals surface area contributed by atoms with Crippen molar-refractivity contribution in [2.75, 3.05) is 26.2 Å². The van der Waals surface area contributed by atoms with Crippen molar-refractivity contribution in [3.63, 3.8) is 0 Å². The monoisotopic (exact) mass is 397 g/mol. The molecule has 0 saturated carbocycles. The van der Waals surface area contributed by atoms with Crippen molar-refractivity contribution >= 4 is 22.7 Å². The Morgan fingerprint density at radius 3 is 2.17 bits per heavy atom. The van der Waals surface area contributed by atoms with Crippen molar-refractivity contribution in [3.05, 3.63) is 81.6 Å². The Balaban J connectivity index is 1.50. The van der Waals surface area contributed by atoms with E-state index in [1.165, 1.54) is 17.0 Å². The first-order valence-electron chi connectivity index (χ1n) is 9.10. The molecule has 0 radical (unpaired) electrons. The molecular formula is C21H17F2N3O3. The van der Waals surface area contributed by atoms with Crippen molar-refractivity contribution < 1.29 is 18.4 Å². The quantitative estimate of drug-likeness (QED) is 0.722. The second-order valence-corrected chi connectivity index (χ2v) is 6.81. The molecule has 1 aromatic heterocycles. The molecule has 2 heterocycles. The predicted octanol–water partition coefficient (Wildman–Crippen LogP) is 2.40. The maximum Gasteiger partial charge on any atom is 0.254 e. The third kappa shape index (κ3) is 3.61. The first kappa shape index (κ1) is 18.8. The number of amides is 2. The van der Waals surface area contributed by atoms with Gasteiger partial charge in [0, 0.05) is 48.7 Å². The number of hydrogen-bond acceptors (Lipinski definition) is 3. The Labute approximate surface area is 164 Å². The number of H-pyrrole nitrogens is 1. The van der Waals surface area contributed by atoms with E-state index in [4.69, 9.17) is 0 Å². The topological polar surface area (TPSA) is 73.5 Å². The van der Waals surface area contributed by atoms with E-state index in [9.17, 15) is 23.2 Å². The van der Waals surface area contributed by atoms with Crippen LogP contribution in [0.15, 0.2) is 53.3 Å². The van der Waals surface area contributed by atoms with Gasteiger partial charge in [0.25, 0.3) is 11.8 Å². The number of nitrogens with one attached hydrogen (secondary N) is 1. The first-order valence-corrected chi connectivity index (χ1v) is 9.10. The molecule has 0 bridgehead atoms. The molecule has 0 spiro atoms. The fraction of sp³-hybridized carbons (Fsp3) is 0.190. The summed E-state index contributed by atoms with van der Waals surface area (Å²) in [5.41, 5.74) is 0.587. The molecule has 2 amide bonds. The standard InChI is InChI=1S/C21H17F2N3O3/c22-16-6-5-13(11-17(16)23)20(28)25-7-9-26(10-8-25)21(29)15-12-19(27)24-18-4-2-1-3-14(15)18/h1-6,11-12H,7-10H2,(H,24,27). The van der Waals surface area contributed by atoms with Crippen LogP contribution in [-0.4, -0.2) is 52.8 Å². The Bertz CT molecular complexity index is 1170. The number of carbonyl (C=O) groups excluding carboxylic acids is 2. The lowest BCUT2D eigenvalue weighted by molar-refractivity contribution is 0.0536. The molecule has 0 atom stereocenters. The van der Waals surface area contributed by atoms with Gasteiger partial charge >= 0.3 is 0 Å². The summed E-state index contributed by atoms with van der Waals surface area (Å²) in [6.07, 6.45) is 0. The number of aromatic amines is 1. The van der Waals surface area contributed by atoms with Gasteiger partial charge in [-0.2, -0.15) is 0 Å². The first-order chi connectivity index (χ1) is 13.9. The minimum Gasteiger partial charge on any atom is -0.335 e. The second kappa shape index (κ2) is 7.46. The SMILES string of the molecule is O=C(c1ccc(F)c(F)c1)N1CCN(C(=O)c2cc(=O)[nH]c3ccccc23)CC1. The van der Waals surface area contributed by atoms with Crippen molar-refractivity contribution in [2.24, 2.45) is 0 Å². The zero-order chi connectivity index (χ0) is 20.5. The summed E-state index contributed by atoms with van der Waals surface area (Å²) in [6, 6.07) is 11.4. The highest BCUT2D eigenvalue weighted by Gasteiger charge is 2.27. The van der Waals surface area contributed by atoms with E-state index in [0.717, 1.165) is 12.1 Å². The van der Waals surface area contributed by atoms with Gasteiger partial charge in [0.05, 0.1) is 5.56 Å². The van der Waals surface area contributed by atoms with Crippen LogP contribution in [0.5, 0.6) is 0 Å². The van der Waals surface area contributed by atoms with Crippen molar-refractivity contribution in [3.8, 4) is 0 Å². The van der Waals surface area contributed by atoms with Crippen LogP contribution in [-0.2, 0) is 0 Å². The van der Waals surface area contributed by atoms with Crippen LogP contribution >= 0.6 is 0 Å². The highest BCUT2D eigenvalue weighted by Crippen LogP contribution is 2.18. The Morgan fingerprint density at radius 1 is 0.828 bits per heavy atom. The molecule has 1 aliphatic heterocycles. The fourth-order valence-corrected chi connectivity index (χ4v) is 3.48. The normalized spacial score (nSPS) is 14.3. The highest BCUT2D eigenvalue weighted by molar-refractivity contribution is 6.06. The summed E-state index contributed by atoms with van der Waals surface area (Å²) in [7, 11) is 0. The van der Waals surface area contributed by atoms with Gasteiger partial charge in [-0.1, -0.05) is 18.2 Å². The Morgan fingerprint density at radius 2 is 1.48 bits per heavy atom. The van der Waals surface area contributed by atoms with Gasteiger partial charge in [0.15, 0.2) is 11.6 Å². The molecule has 2 aromatic carbocycles. The van der Waals surface area contributed by atoms with Gasteiger partial charge in [-0.3, -0.25) is 14.4 Å². The summed E-state index contributed by atoms with van der Waals surface area (Å²) in [4.78, 5) is 43.2. The largest absolute Gasteiger partial charge is 0.335 e. The number of fused-ring (bicyclic) bond motifs is 1. The maximum atomic E-state index is 13.4. The van der Waals surface area contributed by atoms with E-state index in [1.807, 2.05) is 0 Å². The fourth-order valence-electron chi connectivity index (χ4n) is 3.48. The summed E-state index contributed by atoms with van der Waals surface area (Å²) in [5, 5.41) is 0.650. The summed E-state index contributed by atoms with van der Waals surface area (Å²) in [5.74, 6) is -2.79. The number of benzene rings is 2. The van der Waals surface area contributed by atoms with Gasteiger partial charge in [0.1, 0.15) is 0 Å². The summed E-state index contributed by atoms with van der Waals surface area (Å²) >= 11 is 0. The lowest BCUT2D eigenvalue weighted by Crippen LogP contribution is -2.50. The molecule has 1 N–H and O–H groups in total. The lowest BCUT2D eigenvalue weighted by atomic mass is 10.1. The van der Waals surface area contributed by atoms with Crippen LogP contribution in [0, 0.1) is 11.6 Å². The number of nitrogens with zero attached hydrogens (tertiary/aromatic N) is 2. The summed E-state index contributed by atoms with van der Waals surface area (Å²) < 4.78 is 26.5. The van der Waals surface area contributed by atoms with Crippen molar-refractivity contribution in [1.82, 2.24) is 14.8 Å². The molecule has 4 rings (SSSR count). The van der Waals surface area contributed by atoms with Crippen LogP contribution in [0.3, 0.4) is 0 Å². The third-order valence-corrected chi connectivity index (χ3v) is 5.00. The maximum absolute atomic E-state index is 13.4. The van der Waals surface area contributed by atoms with E-state index < -0.39 is 17.5 Å². The Kier molecular flexibility index (Phi) is 4.84. The van der Waals surface area contributed by atoms with Crippen LogP contribution < -0.4 is 5.56 Å². The van der Waals surface area contributed by atoms with Gasteiger partial charge in [0.2, 0.25) is 5.56 Å². The number of para-hydroxylation sites is 1. The molecule has 148 valence electrons. The highest BCUT2D eigenvalue weighted by atomic mass is 19.2. The number of aromatic nitrogens is 1. The van der Waals surface area contributed by atoms with Crippen molar-refractivity contribution in [2.45, 2.75) is 0 Å². The van der Waals surface area contributed by atoms with E-state index in [2.05, 4.69) is 4.98 Å². The van der Waals surface area contributed by atoms with Crippen LogP contribution in [0.25, 0.3) is 10.9 Å². The smallest absolute Gasteiger partial charge is 0.254 e. The molecule has 1 fully saturated rings. The van der Waals surface area contributed by atoms with E-state index in [1.54, 1.807) is 29.2 Å². The van der Waals surface area contributed by atoms with E-state index in [-0.39, 0.29) is 43.2 Å². The average Bonchev–Trinajstić information content (AvgIpc) is 2.74. The number of rotatable bonds is 2. The number of hydrogen-bond donors (Lipinski definition) is 1. The minimum absolute atomic E-state index is 0.0595. The van der Waals surface area contributed by atoms with Crippen molar-refractivity contribution in [1.29, 1.82) is 0 Å².